The van der Waals surface area contributed by atoms with E-state index in [9.17, 15) is 0 Å². The Balaban J connectivity index is 1.64. The molecule has 3 rings (SSSR count). The Kier molecular flexibility index (Phi) is 4.99. The molecule has 1 aromatic rings. The van der Waals surface area contributed by atoms with Gasteiger partial charge in [-0.1, -0.05) is 26.2 Å². The van der Waals surface area contributed by atoms with Crippen LogP contribution < -0.4 is 5.32 Å². The van der Waals surface area contributed by atoms with Gasteiger partial charge in [0.1, 0.15) is 0 Å². The van der Waals surface area contributed by atoms with Gasteiger partial charge >= 0.3 is 0 Å². The maximum atomic E-state index is 4.63. The van der Waals surface area contributed by atoms with Crippen molar-refractivity contribution in [3.63, 3.8) is 0 Å². The van der Waals surface area contributed by atoms with Gasteiger partial charge in [0.2, 0.25) is 0 Å². The van der Waals surface area contributed by atoms with Crippen LogP contribution in [0.25, 0.3) is 0 Å². The molecule has 3 heteroatoms. The summed E-state index contributed by atoms with van der Waals surface area (Å²) in [5.74, 6) is 1.71. The summed E-state index contributed by atoms with van der Waals surface area (Å²) in [5, 5.41) is 8.41. The van der Waals surface area contributed by atoms with E-state index < -0.39 is 0 Å². The average Bonchev–Trinajstić information content (AvgIpc) is 3.26. The highest BCUT2D eigenvalue weighted by atomic mass is 15.3. The van der Waals surface area contributed by atoms with Crippen LogP contribution in [0.3, 0.4) is 0 Å². The molecule has 1 heterocycles. The third kappa shape index (κ3) is 4.09. The molecule has 1 aromatic heterocycles. The predicted octanol–water partition coefficient (Wildman–Crippen LogP) is 3.47. The van der Waals surface area contributed by atoms with Gasteiger partial charge in [-0.2, -0.15) is 5.10 Å². The van der Waals surface area contributed by atoms with Gasteiger partial charge in [0.05, 0.1) is 5.69 Å². The SMILES string of the molecule is CCc1cc(CC2CCCCCC2CNC2CC2)n(C)n1. The third-order valence-electron chi connectivity index (χ3n) is 5.42. The lowest BCUT2D eigenvalue weighted by Crippen LogP contribution is -2.30. The van der Waals surface area contributed by atoms with Gasteiger partial charge in [-0.25, -0.2) is 0 Å². The highest BCUT2D eigenvalue weighted by Gasteiger charge is 2.27. The van der Waals surface area contributed by atoms with Gasteiger partial charge < -0.3 is 5.32 Å². The van der Waals surface area contributed by atoms with Crippen LogP contribution in [0.5, 0.6) is 0 Å². The molecule has 1 N–H and O–H groups in total. The second-order valence-corrected chi connectivity index (χ2v) is 7.15. The van der Waals surface area contributed by atoms with Crippen molar-refractivity contribution in [3.8, 4) is 0 Å². The standard InChI is InChI=1S/C18H31N3/c1-3-16-12-18(21(2)20-16)11-14-7-5-4-6-8-15(14)13-19-17-9-10-17/h12,14-15,17,19H,3-11,13H2,1-2H3. The second kappa shape index (κ2) is 6.95. The number of aromatic nitrogens is 2. The van der Waals surface area contributed by atoms with E-state index in [1.165, 1.54) is 69.3 Å². The van der Waals surface area contributed by atoms with Crippen LogP contribution in [0, 0.1) is 11.8 Å². The van der Waals surface area contributed by atoms with E-state index in [2.05, 4.69) is 35.1 Å². The topological polar surface area (TPSA) is 29.9 Å². The minimum atomic E-state index is 0.845. The molecule has 0 spiro atoms. The Hall–Kier alpha value is -0.830. The Morgan fingerprint density at radius 2 is 1.90 bits per heavy atom. The quantitative estimate of drug-likeness (QED) is 0.813. The van der Waals surface area contributed by atoms with Crippen LogP contribution >= 0.6 is 0 Å². The summed E-state index contributed by atoms with van der Waals surface area (Å²) >= 11 is 0. The van der Waals surface area contributed by atoms with Crippen molar-refractivity contribution in [1.82, 2.24) is 15.1 Å². The first-order valence-electron chi connectivity index (χ1n) is 9.01. The van der Waals surface area contributed by atoms with Crippen molar-refractivity contribution in [2.45, 2.75) is 70.8 Å². The van der Waals surface area contributed by atoms with Gasteiger partial charge in [0.15, 0.2) is 0 Å². The maximum absolute atomic E-state index is 4.63. The number of nitrogens with zero attached hydrogens (tertiary/aromatic N) is 2. The fourth-order valence-electron chi connectivity index (χ4n) is 3.81. The van der Waals surface area contributed by atoms with Crippen molar-refractivity contribution in [2.24, 2.45) is 18.9 Å². The van der Waals surface area contributed by atoms with E-state index in [1.807, 2.05) is 0 Å². The van der Waals surface area contributed by atoms with Crippen molar-refractivity contribution in [3.05, 3.63) is 17.5 Å². The van der Waals surface area contributed by atoms with E-state index in [0.29, 0.717) is 0 Å². The molecule has 2 unspecified atom stereocenters. The van der Waals surface area contributed by atoms with Crippen molar-refractivity contribution in [2.75, 3.05) is 6.54 Å². The van der Waals surface area contributed by atoms with Crippen LogP contribution in [-0.4, -0.2) is 22.4 Å². The molecular formula is C18H31N3. The molecule has 3 nitrogen and oxygen atoms in total. The third-order valence-corrected chi connectivity index (χ3v) is 5.42. The Labute approximate surface area is 129 Å². The van der Waals surface area contributed by atoms with Crippen LogP contribution in [0.4, 0.5) is 0 Å². The number of nitrogens with one attached hydrogen (secondary N) is 1. The van der Waals surface area contributed by atoms with Crippen LogP contribution in [-0.2, 0) is 19.9 Å². The zero-order chi connectivity index (χ0) is 14.7. The summed E-state index contributed by atoms with van der Waals surface area (Å²) in [5.41, 5.74) is 2.68. The fraction of sp³-hybridized carbons (Fsp3) is 0.833. The molecular weight excluding hydrogens is 258 g/mol. The Morgan fingerprint density at radius 1 is 1.14 bits per heavy atom. The molecule has 118 valence electrons. The van der Waals surface area contributed by atoms with Gasteiger partial charge in [-0.3, -0.25) is 4.68 Å². The summed E-state index contributed by atoms with van der Waals surface area (Å²) in [6.45, 7) is 3.44. The van der Waals surface area contributed by atoms with Gasteiger partial charge in [-0.15, -0.1) is 0 Å². The molecule has 2 fully saturated rings. The molecule has 21 heavy (non-hydrogen) atoms. The second-order valence-electron chi connectivity index (χ2n) is 7.15. The maximum Gasteiger partial charge on any atom is 0.0624 e. The minimum Gasteiger partial charge on any atom is -0.314 e. The first-order valence-corrected chi connectivity index (χ1v) is 9.01. The lowest BCUT2D eigenvalue weighted by Gasteiger charge is -2.25. The highest BCUT2D eigenvalue weighted by Crippen LogP contribution is 2.32. The molecule has 0 saturated heterocycles. The number of hydrogen-bond acceptors (Lipinski definition) is 2. The van der Waals surface area contributed by atoms with Crippen molar-refractivity contribution < 1.29 is 0 Å². The minimum absolute atomic E-state index is 0.845. The van der Waals surface area contributed by atoms with Gasteiger partial charge in [-0.05, 0) is 63.0 Å². The van der Waals surface area contributed by atoms with Gasteiger partial charge in [0.25, 0.3) is 0 Å². The van der Waals surface area contributed by atoms with Crippen molar-refractivity contribution in [1.29, 1.82) is 0 Å². The largest absolute Gasteiger partial charge is 0.314 e. The Morgan fingerprint density at radius 3 is 2.57 bits per heavy atom. The van der Waals surface area contributed by atoms with E-state index in [1.54, 1.807) is 0 Å². The van der Waals surface area contributed by atoms with E-state index in [0.717, 1.165) is 24.3 Å². The Bertz CT molecular complexity index is 447. The molecule has 0 aromatic carbocycles. The molecule has 0 bridgehead atoms. The average molecular weight is 289 g/mol. The van der Waals surface area contributed by atoms with E-state index in [-0.39, 0.29) is 0 Å². The zero-order valence-corrected chi connectivity index (χ0v) is 13.8. The predicted molar refractivity (Wildman–Crippen MR) is 87.4 cm³/mol. The smallest absolute Gasteiger partial charge is 0.0624 e. The molecule has 2 saturated carbocycles. The number of aryl methyl sites for hydroxylation is 2. The lowest BCUT2D eigenvalue weighted by atomic mass is 9.84. The van der Waals surface area contributed by atoms with Crippen LogP contribution in [0.1, 0.15) is 63.3 Å². The van der Waals surface area contributed by atoms with E-state index >= 15 is 0 Å². The summed E-state index contributed by atoms with van der Waals surface area (Å²) in [7, 11) is 2.11. The number of hydrogen-bond donors (Lipinski definition) is 1. The van der Waals surface area contributed by atoms with Gasteiger partial charge in [0, 0.05) is 18.8 Å². The van der Waals surface area contributed by atoms with Crippen LogP contribution in [0.15, 0.2) is 6.07 Å². The highest BCUT2D eigenvalue weighted by molar-refractivity contribution is 5.11. The molecule has 0 aliphatic heterocycles. The summed E-state index contributed by atoms with van der Waals surface area (Å²) < 4.78 is 2.12. The summed E-state index contributed by atoms with van der Waals surface area (Å²) in [6.07, 6.45) is 12.2. The first kappa shape index (κ1) is 15.1. The zero-order valence-electron chi connectivity index (χ0n) is 13.8. The lowest BCUT2D eigenvalue weighted by molar-refractivity contribution is 0.292. The van der Waals surface area contributed by atoms with Crippen LogP contribution in [0.2, 0.25) is 0 Å². The molecule has 2 aliphatic carbocycles. The normalized spacial score (nSPS) is 26.8. The summed E-state index contributed by atoms with van der Waals surface area (Å²) in [6, 6.07) is 3.17. The first-order chi connectivity index (χ1) is 10.3. The molecule has 2 atom stereocenters. The molecule has 0 amide bonds. The fourth-order valence-corrected chi connectivity index (χ4v) is 3.81. The van der Waals surface area contributed by atoms with Crippen molar-refractivity contribution >= 4 is 0 Å². The monoisotopic (exact) mass is 289 g/mol. The number of rotatable bonds is 6. The summed E-state index contributed by atoms with van der Waals surface area (Å²) in [4.78, 5) is 0. The molecule has 0 radical (unpaired) electrons. The molecule has 2 aliphatic rings. The van der Waals surface area contributed by atoms with E-state index in [4.69, 9.17) is 0 Å².